The zero-order valence-electron chi connectivity index (χ0n) is 8.80. The van der Waals surface area contributed by atoms with Crippen LogP contribution in [0.5, 0.6) is 0 Å². The van der Waals surface area contributed by atoms with Crippen molar-refractivity contribution in [1.29, 1.82) is 5.26 Å². The van der Waals surface area contributed by atoms with Crippen molar-refractivity contribution in [3.8, 4) is 6.07 Å². The molecule has 0 bridgehead atoms. The molecule has 80 valence electrons. The van der Waals surface area contributed by atoms with Crippen molar-refractivity contribution in [2.45, 2.75) is 17.7 Å². The Morgan fingerprint density at radius 1 is 1.44 bits per heavy atom. The van der Waals surface area contributed by atoms with Gasteiger partial charge in [-0.25, -0.2) is 4.98 Å². The van der Waals surface area contributed by atoms with E-state index in [-0.39, 0.29) is 0 Å². The highest BCUT2D eigenvalue weighted by atomic mass is 32.2. The largest absolute Gasteiger partial charge is 0.468 e. The maximum absolute atomic E-state index is 8.94. The van der Waals surface area contributed by atoms with Gasteiger partial charge in [-0.3, -0.25) is 0 Å². The van der Waals surface area contributed by atoms with Crippen LogP contribution in [0, 0.1) is 18.3 Å². The molecule has 0 saturated carbocycles. The molecule has 0 aliphatic carbocycles. The minimum atomic E-state index is 0.613. The molecule has 0 N–H and O–H groups in total. The lowest BCUT2D eigenvalue weighted by molar-refractivity contribution is 0.530. The standard InChI is InChI=1S/C12H10N2OS/c1-9-4-5-10(7-13)12(14-9)16-8-11-3-2-6-15-11/h2-6H,8H2,1H3. The minimum absolute atomic E-state index is 0.613. The molecule has 3 nitrogen and oxygen atoms in total. The number of hydrogen-bond acceptors (Lipinski definition) is 4. The average Bonchev–Trinajstić information content (AvgIpc) is 2.79. The van der Waals surface area contributed by atoms with Gasteiger partial charge in [0.05, 0.1) is 17.6 Å². The van der Waals surface area contributed by atoms with Crippen LogP contribution in [0.15, 0.2) is 40.0 Å². The van der Waals surface area contributed by atoms with Crippen LogP contribution < -0.4 is 0 Å². The topological polar surface area (TPSA) is 49.8 Å². The zero-order chi connectivity index (χ0) is 11.4. The summed E-state index contributed by atoms with van der Waals surface area (Å²) in [5, 5.41) is 9.70. The molecule has 0 aliphatic rings. The highest BCUT2D eigenvalue weighted by Gasteiger charge is 2.06. The van der Waals surface area contributed by atoms with Gasteiger partial charge in [-0.1, -0.05) is 11.8 Å². The molecule has 0 amide bonds. The van der Waals surface area contributed by atoms with Gasteiger partial charge in [0.25, 0.3) is 0 Å². The molecule has 0 fully saturated rings. The Labute approximate surface area is 98.1 Å². The van der Waals surface area contributed by atoms with Crippen molar-refractivity contribution in [3.05, 3.63) is 47.5 Å². The quantitative estimate of drug-likeness (QED) is 0.760. The summed E-state index contributed by atoms with van der Waals surface area (Å²) >= 11 is 1.52. The van der Waals surface area contributed by atoms with Crippen LogP contribution in [-0.4, -0.2) is 4.98 Å². The molecule has 0 aromatic carbocycles. The number of thioether (sulfide) groups is 1. The van der Waals surface area contributed by atoms with Crippen molar-refractivity contribution in [1.82, 2.24) is 4.98 Å². The van der Waals surface area contributed by atoms with Gasteiger partial charge < -0.3 is 4.42 Å². The Balaban J connectivity index is 2.15. The highest BCUT2D eigenvalue weighted by Crippen LogP contribution is 2.24. The van der Waals surface area contributed by atoms with E-state index in [4.69, 9.17) is 9.68 Å². The van der Waals surface area contributed by atoms with Crippen LogP contribution in [0.2, 0.25) is 0 Å². The predicted molar refractivity (Wildman–Crippen MR) is 62.0 cm³/mol. The summed E-state index contributed by atoms with van der Waals surface area (Å²) in [4.78, 5) is 4.34. The summed E-state index contributed by atoms with van der Waals surface area (Å²) in [5.41, 5.74) is 1.53. The zero-order valence-corrected chi connectivity index (χ0v) is 9.62. The SMILES string of the molecule is Cc1ccc(C#N)c(SCc2ccco2)n1. The maximum Gasteiger partial charge on any atom is 0.115 e. The highest BCUT2D eigenvalue weighted by molar-refractivity contribution is 7.98. The summed E-state index contributed by atoms with van der Waals surface area (Å²) in [5.74, 6) is 1.58. The Kier molecular flexibility index (Phi) is 3.28. The van der Waals surface area contributed by atoms with Gasteiger partial charge in [0.2, 0.25) is 0 Å². The van der Waals surface area contributed by atoms with E-state index in [1.807, 2.05) is 25.1 Å². The van der Waals surface area contributed by atoms with E-state index < -0.39 is 0 Å². The first kappa shape index (κ1) is 10.8. The number of hydrogen-bond donors (Lipinski definition) is 0. The predicted octanol–water partition coefficient (Wildman–Crippen LogP) is 3.15. The third kappa shape index (κ3) is 2.44. The number of nitriles is 1. The first-order chi connectivity index (χ1) is 7.79. The van der Waals surface area contributed by atoms with E-state index in [9.17, 15) is 0 Å². The van der Waals surface area contributed by atoms with E-state index in [1.54, 1.807) is 12.3 Å². The second kappa shape index (κ2) is 4.86. The van der Waals surface area contributed by atoms with Crippen LogP contribution in [0.1, 0.15) is 17.0 Å². The molecule has 0 unspecified atom stereocenters. The summed E-state index contributed by atoms with van der Waals surface area (Å²) in [6, 6.07) is 9.54. The lowest BCUT2D eigenvalue weighted by Crippen LogP contribution is -1.90. The van der Waals surface area contributed by atoms with Crippen LogP contribution in [-0.2, 0) is 5.75 Å². The Bertz CT molecular complexity index is 514. The molecule has 0 atom stereocenters. The molecule has 0 saturated heterocycles. The van der Waals surface area contributed by atoms with Crippen molar-refractivity contribution in [3.63, 3.8) is 0 Å². The van der Waals surface area contributed by atoms with Gasteiger partial charge in [0, 0.05) is 5.69 Å². The lowest BCUT2D eigenvalue weighted by atomic mass is 10.3. The van der Waals surface area contributed by atoms with Crippen LogP contribution >= 0.6 is 11.8 Å². The first-order valence-electron chi connectivity index (χ1n) is 4.82. The molecule has 2 heterocycles. The molecule has 16 heavy (non-hydrogen) atoms. The van der Waals surface area contributed by atoms with Gasteiger partial charge in [-0.05, 0) is 31.2 Å². The first-order valence-corrected chi connectivity index (χ1v) is 5.81. The van der Waals surface area contributed by atoms with Crippen LogP contribution in [0.4, 0.5) is 0 Å². The number of furan rings is 1. The van der Waals surface area contributed by atoms with E-state index in [1.165, 1.54) is 11.8 Å². The summed E-state index contributed by atoms with van der Waals surface area (Å²) < 4.78 is 5.23. The van der Waals surface area contributed by atoms with E-state index in [0.717, 1.165) is 16.5 Å². The van der Waals surface area contributed by atoms with Gasteiger partial charge in [0.1, 0.15) is 16.9 Å². The number of pyridine rings is 1. The van der Waals surface area contributed by atoms with Crippen molar-refractivity contribution in [2.75, 3.05) is 0 Å². The summed E-state index contributed by atoms with van der Waals surface area (Å²) in [7, 11) is 0. The maximum atomic E-state index is 8.94. The molecule has 0 aliphatic heterocycles. The van der Waals surface area contributed by atoms with Crippen molar-refractivity contribution < 1.29 is 4.42 Å². The molecule has 2 rings (SSSR count). The lowest BCUT2D eigenvalue weighted by Gasteiger charge is -2.02. The van der Waals surface area contributed by atoms with Gasteiger partial charge in [-0.15, -0.1) is 0 Å². The molecular formula is C12H10N2OS. The minimum Gasteiger partial charge on any atom is -0.468 e. The average molecular weight is 230 g/mol. The summed E-state index contributed by atoms with van der Waals surface area (Å²) in [6.45, 7) is 1.91. The fraction of sp³-hybridized carbons (Fsp3) is 0.167. The number of aryl methyl sites for hydroxylation is 1. The van der Waals surface area contributed by atoms with Crippen molar-refractivity contribution >= 4 is 11.8 Å². The smallest absolute Gasteiger partial charge is 0.115 e. The number of nitrogens with zero attached hydrogens (tertiary/aromatic N) is 2. The van der Waals surface area contributed by atoms with E-state index in [2.05, 4.69) is 11.1 Å². The molecule has 4 heteroatoms. The molecule has 0 radical (unpaired) electrons. The van der Waals surface area contributed by atoms with Gasteiger partial charge >= 0.3 is 0 Å². The molecule has 2 aromatic heterocycles. The van der Waals surface area contributed by atoms with Gasteiger partial charge in [-0.2, -0.15) is 5.26 Å². The molecular weight excluding hydrogens is 220 g/mol. The van der Waals surface area contributed by atoms with Gasteiger partial charge in [0.15, 0.2) is 0 Å². The second-order valence-corrected chi connectivity index (χ2v) is 4.25. The summed E-state index contributed by atoms with van der Waals surface area (Å²) in [6.07, 6.45) is 1.64. The Morgan fingerprint density at radius 2 is 2.31 bits per heavy atom. The number of rotatable bonds is 3. The third-order valence-corrected chi connectivity index (χ3v) is 3.06. The molecule has 2 aromatic rings. The van der Waals surface area contributed by atoms with E-state index >= 15 is 0 Å². The van der Waals surface area contributed by atoms with Crippen LogP contribution in [0.25, 0.3) is 0 Å². The normalized spacial score (nSPS) is 10.0. The fourth-order valence-electron chi connectivity index (χ4n) is 1.26. The number of aromatic nitrogens is 1. The Morgan fingerprint density at radius 3 is 3.00 bits per heavy atom. The fourth-order valence-corrected chi connectivity index (χ4v) is 2.18. The van der Waals surface area contributed by atoms with Crippen molar-refractivity contribution in [2.24, 2.45) is 0 Å². The molecule has 0 spiro atoms. The third-order valence-electron chi connectivity index (χ3n) is 2.05. The van der Waals surface area contributed by atoms with Crippen LogP contribution in [0.3, 0.4) is 0 Å². The second-order valence-electron chi connectivity index (χ2n) is 3.29. The monoisotopic (exact) mass is 230 g/mol. The Hall–Kier alpha value is -1.73. The van der Waals surface area contributed by atoms with E-state index in [0.29, 0.717) is 11.3 Å².